The summed E-state index contributed by atoms with van der Waals surface area (Å²) in [6, 6.07) is 12.9. The van der Waals surface area contributed by atoms with Gasteiger partial charge < -0.3 is 9.47 Å². The van der Waals surface area contributed by atoms with Gasteiger partial charge in [0.25, 0.3) is 0 Å². The highest BCUT2D eigenvalue weighted by molar-refractivity contribution is 7.55. The lowest BCUT2D eigenvalue weighted by Gasteiger charge is -2.11. The SMILES string of the molecule is COCOc1ccccc1Pc1ccc(C)cc1F. The zero-order valence-corrected chi connectivity index (χ0v) is 11.9. The first-order chi connectivity index (χ1) is 9.20. The minimum Gasteiger partial charge on any atom is -0.467 e. The van der Waals surface area contributed by atoms with Gasteiger partial charge in [-0.05, 0) is 24.6 Å². The third kappa shape index (κ3) is 3.76. The van der Waals surface area contributed by atoms with Crippen LogP contribution in [-0.4, -0.2) is 13.9 Å². The van der Waals surface area contributed by atoms with Crippen molar-refractivity contribution in [3.05, 3.63) is 53.8 Å². The second-order valence-corrected chi connectivity index (χ2v) is 5.48. The molecule has 0 saturated heterocycles. The van der Waals surface area contributed by atoms with Crippen LogP contribution in [0.2, 0.25) is 0 Å². The molecule has 0 spiro atoms. The Morgan fingerprint density at radius 2 is 1.89 bits per heavy atom. The standard InChI is InChI=1S/C15H16FO2P/c1-11-7-8-14(12(16)9-11)19-15-6-4-3-5-13(15)18-10-17-2/h3-9,19H,10H2,1-2H3. The molecular weight excluding hydrogens is 262 g/mol. The van der Waals surface area contributed by atoms with Crippen LogP contribution < -0.4 is 15.3 Å². The molecule has 0 amide bonds. The number of hydrogen-bond donors (Lipinski definition) is 0. The van der Waals surface area contributed by atoms with Crippen LogP contribution >= 0.6 is 8.58 Å². The van der Waals surface area contributed by atoms with Crippen LogP contribution in [0.25, 0.3) is 0 Å². The van der Waals surface area contributed by atoms with Gasteiger partial charge in [-0.25, -0.2) is 4.39 Å². The van der Waals surface area contributed by atoms with Crippen LogP contribution in [-0.2, 0) is 4.74 Å². The number of methoxy groups -OCH3 is 1. The summed E-state index contributed by atoms with van der Waals surface area (Å²) in [5, 5.41) is 1.67. The van der Waals surface area contributed by atoms with Crippen LogP contribution in [0.4, 0.5) is 4.39 Å². The lowest BCUT2D eigenvalue weighted by Crippen LogP contribution is -2.12. The van der Waals surface area contributed by atoms with Gasteiger partial charge in [0.1, 0.15) is 11.6 Å². The maximum absolute atomic E-state index is 13.9. The highest BCUT2D eigenvalue weighted by Crippen LogP contribution is 2.20. The Bertz CT molecular complexity index is 558. The molecule has 2 nitrogen and oxygen atoms in total. The predicted molar refractivity (Wildman–Crippen MR) is 77.7 cm³/mol. The molecule has 0 saturated carbocycles. The number of ether oxygens (including phenoxy) is 2. The van der Waals surface area contributed by atoms with Crippen molar-refractivity contribution >= 4 is 19.2 Å². The molecule has 100 valence electrons. The lowest BCUT2D eigenvalue weighted by atomic mass is 10.2. The molecule has 0 fully saturated rings. The summed E-state index contributed by atoms with van der Waals surface area (Å²) >= 11 is 0. The topological polar surface area (TPSA) is 18.5 Å². The van der Waals surface area contributed by atoms with Crippen molar-refractivity contribution in [2.24, 2.45) is 0 Å². The fraction of sp³-hybridized carbons (Fsp3) is 0.200. The molecule has 2 aromatic carbocycles. The molecule has 0 aromatic heterocycles. The van der Waals surface area contributed by atoms with Crippen molar-refractivity contribution in [3.8, 4) is 5.75 Å². The van der Waals surface area contributed by atoms with Gasteiger partial charge in [0.05, 0.1) is 0 Å². The lowest BCUT2D eigenvalue weighted by molar-refractivity contribution is 0.0519. The minimum absolute atomic E-state index is 0.167. The van der Waals surface area contributed by atoms with Gasteiger partial charge in [-0.1, -0.05) is 38.9 Å². The average Bonchev–Trinajstić information content (AvgIpc) is 2.41. The van der Waals surface area contributed by atoms with Crippen LogP contribution in [0.1, 0.15) is 5.56 Å². The first kappa shape index (κ1) is 14.0. The number of para-hydroxylation sites is 1. The molecule has 0 bridgehead atoms. The molecule has 0 radical (unpaired) electrons. The van der Waals surface area contributed by atoms with E-state index in [0.29, 0.717) is 5.30 Å². The summed E-state index contributed by atoms with van der Waals surface area (Å²) in [6.45, 7) is 2.07. The molecule has 2 aromatic rings. The Balaban J connectivity index is 2.22. The third-order valence-corrected chi connectivity index (χ3v) is 3.97. The van der Waals surface area contributed by atoms with E-state index in [1.54, 1.807) is 13.2 Å². The summed E-state index contributed by atoms with van der Waals surface area (Å²) in [5.74, 6) is 0.572. The summed E-state index contributed by atoms with van der Waals surface area (Å²) in [5.41, 5.74) is 0.926. The second-order valence-electron chi connectivity index (χ2n) is 4.16. The molecule has 1 atom stereocenters. The second kappa shape index (κ2) is 6.65. The number of rotatable bonds is 5. The summed E-state index contributed by atoms with van der Waals surface area (Å²) in [6.07, 6.45) is 0. The first-order valence-electron chi connectivity index (χ1n) is 5.94. The van der Waals surface area contributed by atoms with Crippen molar-refractivity contribution in [2.45, 2.75) is 6.92 Å². The Labute approximate surface area is 114 Å². The molecule has 19 heavy (non-hydrogen) atoms. The molecular formula is C15H16FO2P. The number of halogens is 1. The summed E-state index contributed by atoms with van der Waals surface area (Å²) < 4.78 is 24.2. The molecule has 0 aliphatic heterocycles. The average molecular weight is 278 g/mol. The number of hydrogen-bond acceptors (Lipinski definition) is 2. The largest absolute Gasteiger partial charge is 0.467 e. The Kier molecular flexibility index (Phi) is 4.89. The van der Waals surface area contributed by atoms with Crippen molar-refractivity contribution in [1.29, 1.82) is 0 Å². The molecule has 0 heterocycles. The summed E-state index contributed by atoms with van der Waals surface area (Å²) in [4.78, 5) is 0. The van der Waals surface area contributed by atoms with E-state index in [-0.39, 0.29) is 21.2 Å². The van der Waals surface area contributed by atoms with Crippen molar-refractivity contribution in [1.82, 2.24) is 0 Å². The maximum Gasteiger partial charge on any atom is 0.188 e. The van der Waals surface area contributed by atoms with Gasteiger partial charge in [-0.2, -0.15) is 0 Å². The van der Waals surface area contributed by atoms with Crippen molar-refractivity contribution in [2.75, 3.05) is 13.9 Å². The molecule has 0 N–H and O–H groups in total. The van der Waals surface area contributed by atoms with E-state index in [9.17, 15) is 4.39 Å². The van der Waals surface area contributed by atoms with E-state index in [4.69, 9.17) is 9.47 Å². The van der Waals surface area contributed by atoms with Gasteiger partial charge in [0, 0.05) is 17.7 Å². The van der Waals surface area contributed by atoms with Gasteiger partial charge in [-0.15, -0.1) is 0 Å². The van der Waals surface area contributed by atoms with Gasteiger partial charge in [0.15, 0.2) is 6.79 Å². The molecule has 2 rings (SSSR count). The van der Waals surface area contributed by atoms with Crippen LogP contribution in [0.3, 0.4) is 0 Å². The maximum atomic E-state index is 13.9. The fourth-order valence-electron chi connectivity index (χ4n) is 1.68. The molecule has 0 aliphatic carbocycles. The van der Waals surface area contributed by atoms with Crippen molar-refractivity contribution < 1.29 is 13.9 Å². The van der Waals surface area contributed by atoms with E-state index in [1.165, 1.54) is 0 Å². The molecule has 4 heteroatoms. The zero-order chi connectivity index (χ0) is 13.7. The highest BCUT2D eigenvalue weighted by atomic mass is 31.1. The van der Waals surface area contributed by atoms with E-state index < -0.39 is 0 Å². The smallest absolute Gasteiger partial charge is 0.188 e. The highest BCUT2D eigenvalue weighted by Gasteiger charge is 2.08. The van der Waals surface area contributed by atoms with Gasteiger partial charge in [0.2, 0.25) is 0 Å². The molecule has 0 aliphatic rings. The monoisotopic (exact) mass is 278 g/mol. The Morgan fingerprint density at radius 3 is 2.63 bits per heavy atom. The number of aryl methyl sites for hydroxylation is 1. The Hall–Kier alpha value is -1.44. The van der Waals surface area contributed by atoms with E-state index in [1.807, 2.05) is 43.3 Å². The zero-order valence-electron chi connectivity index (χ0n) is 10.9. The first-order valence-corrected chi connectivity index (χ1v) is 6.94. The van der Waals surface area contributed by atoms with Gasteiger partial charge >= 0.3 is 0 Å². The fourth-order valence-corrected chi connectivity index (χ4v) is 2.79. The van der Waals surface area contributed by atoms with Gasteiger partial charge in [-0.3, -0.25) is 0 Å². The third-order valence-electron chi connectivity index (χ3n) is 2.61. The van der Waals surface area contributed by atoms with Crippen molar-refractivity contribution in [3.63, 3.8) is 0 Å². The van der Waals surface area contributed by atoms with Crippen LogP contribution in [0.15, 0.2) is 42.5 Å². The van der Waals surface area contributed by atoms with E-state index in [0.717, 1.165) is 16.6 Å². The predicted octanol–water partition coefficient (Wildman–Crippen LogP) is 2.75. The molecule has 1 unspecified atom stereocenters. The van der Waals surface area contributed by atoms with E-state index >= 15 is 0 Å². The normalized spacial score (nSPS) is 11.1. The number of benzene rings is 2. The van der Waals surface area contributed by atoms with Crippen LogP contribution in [0, 0.1) is 12.7 Å². The Morgan fingerprint density at radius 1 is 1.11 bits per heavy atom. The van der Waals surface area contributed by atoms with E-state index in [2.05, 4.69) is 0 Å². The minimum atomic E-state index is -0.167. The quantitative estimate of drug-likeness (QED) is 0.618. The summed E-state index contributed by atoms with van der Waals surface area (Å²) in [7, 11) is 1.80. The van der Waals surface area contributed by atoms with Crippen LogP contribution in [0.5, 0.6) is 5.75 Å².